The standard InChI is InChI=1S/C9H16N4O/c10-8-6-11-7-13-9(8)12-4-2-1-3-5-14/h6-7,14H,1-5,10H2,(H,11,12,13). The molecule has 0 unspecified atom stereocenters. The topological polar surface area (TPSA) is 84.1 Å². The molecule has 0 aliphatic rings. The minimum Gasteiger partial charge on any atom is -0.396 e. The smallest absolute Gasteiger partial charge is 0.152 e. The number of aromatic nitrogens is 2. The maximum atomic E-state index is 8.57. The fraction of sp³-hybridized carbons (Fsp3) is 0.556. The Morgan fingerprint density at radius 3 is 2.93 bits per heavy atom. The van der Waals surface area contributed by atoms with Crippen LogP contribution in [0.25, 0.3) is 0 Å². The van der Waals surface area contributed by atoms with Crippen LogP contribution in [0.3, 0.4) is 0 Å². The normalized spacial score (nSPS) is 10.1. The van der Waals surface area contributed by atoms with Crippen molar-refractivity contribution in [3.05, 3.63) is 12.5 Å². The third kappa shape index (κ3) is 3.57. The molecule has 0 saturated heterocycles. The molecule has 0 radical (unpaired) electrons. The second-order valence-corrected chi connectivity index (χ2v) is 3.04. The summed E-state index contributed by atoms with van der Waals surface area (Å²) in [6.45, 7) is 1.08. The molecular weight excluding hydrogens is 180 g/mol. The van der Waals surface area contributed by atoms with Crippen LogP contribution in [0, 0.1) is 0 Å². The quantitative estimate of drug-likeness (QED) is 0.581. The largest absolute Gasteiger partial charge is 0.396 e. The molecule has 0 aliphatic heterocycles. The molecule has 14 heavy (non-hydrogen) atoms. The zero-order chi connectivity index (χ0) is 10.2. The molecule has 1 heterocycles. The van der Waals surface area contributed by atoms with Gasteiger partial charge in [0.25, 0.3) is 0 Å². The zero-order valence-electron chi connectivity index (χ0n) is 8.11. The lowest BCUT2D eigenvalue weighted by Gasteiger charge is -2.06. The van der Waals surface area contributed by atoms with Gasteiger partial charge in [0.05, 0.1) is 11.9 Å². The Kier molecular flexibility index (Phi) is 4.71. The SMILES string of the molecule is Nc1cncnc1NCCCCCO. The van der Waals surface area contributed by atoms with Gasteiger partial charge in [-0.25, -0.2) is 9.97 Å². The lowest BCUT2D eigenvalue weighted by Crippen LogP contribution is -2.06. The predicted molar refractivity (Wildman–Crippen MR) is 55.9 cm³/mol. The molecule has 0 bridgehead atoms. The van der Waals surface area contributed by atoms with Crippen molar-refractivity contribution in [3.63, 3.8) is 0 Å². The molecule has 0 saturated carbocycles. The van der Waals surface area contributed by atoms with Crippen molar-refractivity contribution in [2.45, 2.75) is 19.3 Å². The van der Waals surface area contributed by atoms with Gasteiger partial charge in [-0.2, -0.15) is 0 Å². The third-order valence-corrected chi connectivity index (χ3v) is 1.87. The number of hydrogen-bond acceptors (Lipinski definition) is 5. The van der Waals surface area contributed by atoms with Gasteiger partial charge < -0.3 is 16.2 Å². The van der Waals surface area contributed by atoms with E-state index in [1.807, 2.05) is 0 Å². The molecule has 4 N–H and O–H groups in total. The van der Waals surface area contributed by atoms with E-state index in [1.165, 1.54) is 6.33 Å². The van der Waals surface area contributed by atoms with Crippen molar-refractivity contribution in [2.75, 3.05) is 24.2 Å². The third-order valence-electron chi connectivity index (χ3n) is 1.87. The van der Waals surface area contributed by atoms with E-state index in [0.29, 0.717) is 11.5 Å². The Labute approximate surface area is 83.4 Å². The van der Waals surface area contributed by atoms with Gasteiger partial charge in [0, 0.05) is 13.2 Å². The molecular formula is C9H16N4O. The summed E-state index contributed by atoms with van der Waals surface area (Å²) < 4.78 is 0. The van der Waals surface area contributed by atoms with Gasteiger partial charge in [-0.3, -0.25) is 0 Å². The molecule has 1 rings (SSSR count). The Morgan fingerprint density at radius 1 is 1.36 bits per heavy atom. The fourth-order valence-corrected chi connectivity index (χ4v) is 1.11. The number of nitrogens with zero attached hydrogens (tertiary/aromatic N) is 2. The number of nitrogens with one attached hydrogen (secondary N) is 1. The van der Waals surface area contributed by atoms with Gasteiger partial charge in [-0.1, -0.05) is 0 Å². The number of anilines is 2. The summed E-state index contributed by atoms with van der Waals surface area (Å²) in [6, 6.07) is 0. The zero-order valence-corrected chi connectivity index (χ0v) is 8.11. The van der Waals surface area contributed by atoms with Crippen molar-refractivity contribution < 1.29 is 5.11 Å². The van der Waals surface area contributed by atoms with Crippen molar-refractivity contribution >= 4 is 11.5 Å². The highest BCUT2D eigenvalue weighted by molar-refractivity contribution is 5.58. The van der Waals surface area contributed by atoms with Crippen molar-refractivity contribution in [1.29, 1.82) is 0 Å². The fourth-order valence-electron chi connectivity index (χ4n) is 1.11. The Morgan fingerprint density at radius 2 is 2.21 bits per heavy atom. The van der Waals surface area contributed by atoms with Crippen LogP contribution in [0.1, 0.15) is 19.3 Å². The highest BCUT2D eigenvalue weighted by Gasteiger charge is 1.97. The van der Waals surface area contributed by atoms with E-state index in [-0.39, 0.29) is 6.61 Å². The van der Waals surface area contributed by atoms with Gasteiger partial charge in [-0.15, -0.1) is 0 Å². The van der Waals surface area contributed by atoms with Gasteiger partial charge in [0.1, 0.15) is 6.33 Å². The van der Waals surface area contributed by atoms with Crippen LogP contribution in [0.2, 0.25) is 0 Å². The molecule has 0 aliphatic carbocycles. The first kappa shape index (κ1) is 10.7. The molecule has 1 aromatic heterocycles. The first-order valence-electron chi connectivity index (χ1n) is 4.75. The minimum absolute atomic E-state index is 0.260. The molecule has 0 fully saturated rings. The van der Waals surface area contributed by atoms with E-state index in [1.54, 1.807) is 6.20 Å². The Bertz CT molecular complexity index is 267. The molecule has 0 amide bonds. The number of rotatable bonds is 6. The van der Waals surface area contributed by atoms with E-state index < -0.39 is 0 Å². The molecule has 5 nitrogen and oxygen atoms in total. The van der Waals surface area contributed by atoms with Crippen LogP contribution in [-0.2, 0) is 0 Å². The summed E-state index contributed by atoms with van der Waals surface area (Å²) in [4.78, 5) is 7.79. The number of nitrogens with two attached hydrogens (primary N) is 1. The maximum absolute atomic E-state index is 8.57. The van der Waals surface area contributed by atoms with Gasteiger partial charge in [0.15, 0.2) is 5.82 Å². The van der Waals surface area contributed by atoms with E-state index in [4.69, 9.17) is 10.8 Å². The van der Waals surface area contributed by atoms with E-state index in [9.17, 15) is 0 Å². The number of aliphatic hydroxyl groups is 1. The molecule has 0 aromatic carbocycles. The van der Waals surface area contributed by atoms with E-state index in [2.05, 4.69) is 15.3 Å². The second-order valence-electron chi connectivity index (χ2n) is 3.04. The predicted octanol–water partition coefficient (Wildman–Crippen LogP) is 0.633. The summed E-state index contributed by atoms with van der Waals surface area (Å²) in [7, 11) is 0. The minimum atomic E-state index is 0.260. The first-order chi connectivity index (χ1) is 6.84. The Hall–Kier alpha value is -1.36. The summed E-state index contributed by atoms with van der Waals surface area (Å²) >= 11 is 0. The number of hydrogen-bond donors (Lipinski definition) is 3. The van der Waals surface area contributed by atoms with Crippen LogP contribution in [0.15, 0.2) is 12.5 Å². The van der Waals surface area contributed by atoms with Crippen LogP contribution >= 0.6 is 0 Å². The summed E-state index contributed by atoms with van der Waals surface area (Å²) in [6.07, 6.45) is 5.90. The number of aliphatic hydroxyl groups excluding tert-OH is 1. The van der Waals surface area contributed by atoms with E-state index in [0.717, 1.165) is 25.8 Å². The molecule has 78 valence electrons. The van der Waals surface area contributed by atoms with E-state index >= 15 is 0 Å². The molecule has 0 spiro atoms. The monoisotopic (exact) mass is 196 g/mol. The average Bonchev–Trinajstić information content (AvgIpc) is 2.20. The highest BCUT2D eigenvalue weighted by Crippen LogP contribution is 2.11. The van der Waals surface area contributed by atoms with Gasteiger partial charge in [-0.05, 0) is 19.3 Å². The average molecular weight is 196 g/mol. The van der Waals surface area contributed by atoms with Gasteiger partial charge >= 0.3 is 0 Å². The second kappa shape index (κ2) is 6.15. The number of nitrogen functional groups attached to an aromatic ring is 1. The lowest BCUT2D eigenvalue weighted by atomic mass is 10.2. The molecule has 5 heteroatoms. The number of unbranched alkanes of at least 4 members (excludes halogenated alkanes) is 2. The summed E-state index contributed by atoms with van der Waals surface area (Å²) in [5, 5.41) is 11.7. The molecule has 0 atom stereocenters. The van der Waals surface area contributed by atoms with Crippen molar-refractivity contribution in [1.82, 2.24) is 9.97 Å². The van der Waals surface area contributed by atoms with Crippen LogP contribution in [0.4, 0.5) is 11.5 Å². The summed E-state index contributed by atoms with van der Waals surface area (Å²) in [5.74, 6) is 0.684. The lowest BCUT2D eigenvalue weighted by molar-refractivity contribution is 0.283. The van der Waals surface area contributed by atoms with Crippen molar-refractivity contribution in [2.24, 2.45) is 0 Å². The van der Waals surface area contributed by atoms with Gasteiger partial charge in [0.2, 0.25) is 0 Å². The maximum Gasteiger partial charge on any atom is 0.152 e. The highest BCUT2D eigenvalue weighted by atomic mass is 16.2. The Balaban J connectivity index is 2.21. The molecule has 1 aromatic rings. The van der Waals surface area contributed by atoms with Crippen molar-refractivity contribution in [3.8, 4) is 0 Å². The van der Waals surface area contributed by atoms with Crippen LogP contribution in [-0.4, -0.2) is 28.2 Å². The first-order valence-corrected chi connectivity index (χ1v) is 4.75. The van der Waals surface area contributed by atoms with Crippen LogP contribution in [0.5, 0.6) is 0 Å². The summed E-state index contributed by atoms with van der Waals surface area (Å²) in [5.41, 5.74) is 6.20. The van der Waals surface area contributed by atoms with Crippen LogP contribution < -0.4 is 11.1 Å².